The normalized spacial score (nSPS) is 13.4. The van der Waals surface area contributed by atoms with E-state index in [-0.39, 0.29) is 11.4 Å². The number of aliphatic hydroxyl groups is 1. The molecule has 0 amide bonds. The molecule has 0 bridgehead atoms. The lowest BCUT2D eigenvalue weighted by atomic mass is 9.93. The minimum Gasteiger partial charge on any atom is -0.497 e. The van der Waals surface area contributed by atoms with Gasteiger partial charge in [-0.25, -0.2) is 0 Å². The summed E-state index contributed by atoms with van der Waals surface area (Å²) in [6.45, 7) is 7.48. The molecular weight excluding hydrogens is 262 g/mol. The van der Waals surface area contributed by atoms with Crippen LogP contribution in [-0.4, -0.2) is 29.9 Å². The molecule has 6 heteroatoms. The van der Waals surface area contributed by atoms with E-state index in [4.69, 9.17) is 9.47 Å². The molecule has 110 valence electrons. The Morgan fingerprint density at radius 2 is 2.20 bits per heavy atom. The van der Waals surface area contributed by atoms with E-state index in [2.05, 4.69) is 6.58 Å². The molecule has 0 aliphatic heterocycles. The summed E-state index contributed by atoms with van der Waals surface area (Å²) in [5.41, 5.74) is 0.310. The van der Waals surface area contributed by atoms with Crippen LogP contribution in [0, 0.1) is 10.1 Å². The van der Waals surface area contributed by atoms with Crippen LogP contribution in [0.15, 0.2) is 30.5 Å². The second-order valence-corrected chi connectivity index (χ2v) is 4.31. The maximum Gasteiger partial charge on any atom is 0.276 e. The van der Waals surface area contributed by atoms with Crippen molar-refractivity contribution in [1.82, 2.24) is 0 Å². The van der Waals surface area contributed by atoms with E-state index in [1.54, 1.807) is 26.0 Å². The lowest BCUT2D eigenvalue weighted by molar-refractivity contribution is -0.385. The van der Waals surface area contributed by atoms with Gasteiger partial charge >= 0.3 is 0 Å². The Hall–Kier alpha value is -2.08. The lowest BCUT2D eigenvalue weighted by Crippen LogP contribution is -2.20. The van der Waals surface area contributed by atoms with E-state index in [9.17, 15) is 15.2 Å². The number of nitro benzene ring substituents is 1. The fourth-order valence-electron chi connectivity index (χ4n) is 1.91. The van der Waals surface area contributed by atoms with Crippen molar-refractivity contribution in [3.05, 3.63) is 46.2 Å². The van der Waals surface area contributed by atoms with Gasteiger partial charge in [0.2, 0.25) is 0 Å². The van der Waals surface area contributed by atoms with Crippen LogP contribution in [0.1, 0.15) is 25.3 Å². The Kier molecular flexibility index (Phi) is 5.52. The summed E-state index contributed by atoms with van der Waals surface area (Å²) < 4.78 is 10.1. The molecule has 0 unspecified atom stereocenters. The van der Waals surface area contributed by atoms with Crippen LogP contribution in [0.3, 0.4) is 0 Å². The first-order valence-electron chi connectivity index (χ1n) is 6.24. The number of aliphatic hydroxyl groups excluding tert-OH is 1. The van der Waals surface area contributed by atoms with Gasteiger partial charge in [0, 0.05) is 11.5 Å². The summed E-state index contributed by atoms with van der Waals surface area (Å²) in [7, 11) is 1.44. The summed E-state index contributed by atoms with van der Waals surface area (Å²) in [6, 6.07) is 4.53. The number of nitrogens with zero attached hydrogens (tertiary/aromatic N) is 1. The zero-order chi connectivity index (χ0) is 15.3. The monoisotopic (exact) mass is 281 g/mol. The van der Waals surface area contributed by atoms with Crippen molar-refractivity contribution in [1.29, 1.82) is 0 Å². The van der Waals surface area contributed by atoms with E-state index < -0.39 is 16.9 Å². The molecule has 0 aliphatic rings. The van der Waals surface area contributed by atoms with Gasteiger partial charge in [-0.15, -0.1) is 0 Å². The highest BCUT2D eigenvalue weighted by atomic mass is 16.6. The molecule has 0 saturated heterocycles. The van der Waals surface area contributed by atoms with E-state index in [1.165, 1.54) is 13.2 Å². The second-order valence-electron chi connectivity index (χ2n) is 4.31. The Labute approximate surface area is 117 Å². The average Bonchev–Trinajstić information content (AvgIpc) is 2.45. The highest BCUT2D eigenvalue weighted by molar-refractivity contribution is 5.48. The average molecular weight is 281 g/mol. The van der Waals surface area contributed by atoms with Crippen LogP contribution < -0.4 is 4.74 Å². The van der Waals surface area contributed by atoms with Crippen LogP contribution in [0.5, 0.6) is 5.75 Å². The number of hydrogen-bond acceptors (Lipinski definition) is 5. The van der Waals surface area contributed by atoms with Crippen molar-refractivity contribution >= 4 is 5.69 Å². The largest absolute Gasteiger partial charge is 0.497 e. The minimum atomic E-state index is -1.01. The first-order valence-corrected chi connectivity index (χ1v) is 6.24. The zero-order valence-corrected chi connectivity index (χ0v) is 11.8. The number of rotatable bonds is 7. The smallest absolute Gasteiger partial charge is 0.276 e. The van der Waals surface area contributed by atoms with Crippen molar-refractivity contribution in [2.75, 3.05) is 13.7 Å². The molecule has 0 spiro atoms. The summed E-state index contributed by atoms with van der Waals surface area (Å²) in [5, 5.41) is 21.3. The lowest BCUT2D eigenvalue weighted by Gasteiger charge is -2.21. The number of benzene rings is 1. The highest BCUT2D eigenvalue weighted by Gasteiger charge is 2.27. The number of ether oxygens (including phenoxy) is 2. The van der Waals surface area contributed by atoms with E-state index in [1.807, 2.05) is 0 Å². The fraction of sp³-hybridized carbons (Fsp3) is 0.429. The number of methoxy groups -OCH3 is 1. The van der Waals surface area contributed by atoms with Crippen LogP contribution in [-0.2, 0) is 4.74 Å². The van der Waals surface area contributed by atoms with Crippen LogP contribution >= 0.6 is 0 Å². The molecule has 1 aromatic rings. The van der Waals surface area contributed by atoms with Gasteiger partial charge < -0.3 is 14.6 Å². The first kappa shape index (κ1) is 16.0. The maximum atomic E-state index is 11.1. The second kappa shape index (κ2) is 6.91. The van der Waals surface area contributed by atoms with Crippen molar-refractivity contribution < 1.29 is 19.5 Å². The maximum absolute atomic E-state index is 11.1. The zero-order valence-electron chi connectivity index (χ0n) is 11.8. The van der Waals surface area contributed by atoms with E-state index >= 15 is 0 Å². The van der Waals surface area contributed by atoms with Gasteiger partial charge in [0.15, 0.2) is 0 Å². The molecule has 0 saturated carbocycles. The van der Waals surface area contributed by atoms with Gasteiger partial charge in [0.25, 0.3) is 5.69 Å². The van der Waals surface area contributed by atoms with Crippen molar-refractivity contribution in [2.24, 2.45) is 0 Å². The molecule has 0 aliphatic carbocycles. The molecule has 0 aromatic heterocycles. The molecular formula is C14H19NO5. The third-order valence-electron chi connectivity index (χ3n) is 3.06. The third kappa shape index (κ3) is 3.48. The van der Waals surface area contributed by atoms with Crippen molar-refractivity contribution in [2.45, 2.75) is 25.9 Å². The quantitative estimate of drug-likeness (QED) is 0.472. The molecule has 1 rings (SSSR count). The van der Waals surface area contributed by atoms with E-state index in [0.29, 0.717) is 17.9 Å². The Bertz CT molecular complexity index is 500. The first-order chi connectivity index (χ1) is 9.42. The predicted molar refractivity (Wildman–Crippen MR) is 74.8 cm³/mol. The standard InChI is InChI=1S/C14H19NO5/c1-5-20-10(3)14(16)9(2)12-7-6-11(19-4)8-13(12)15(17)18/h6-9,14,16H,3,5H2,1-2,4H3/t9-,14+/m1/s1. The molecule has 2 atom stereocenters. The summed E-state index contributed by atoms with van der Waals surface area (Å²) in [6.07, 6.45) is -1.01. The van der Waals surface area contributed by atoms with Crippen molar-refractivity contribution in [3.63, 3.8) is 0 Å². The van der Waals surface area contributed by atoms with Crippen LogP contribution in [0.4, 0.5) is 5.69 Å². The molecule has 20 heavy (non-hydrogen) atoms. The Morgan fingerprint density at radius 1 is 1.55 bits per heavy atom. The Balaban J connectivity index is 3.11. The molecule has 1 aromatic carbocycles. The van der Waals surface area contributed by atoms with Crippen molar-refractivity contribution in [3.8, 4) is 5.75 Å². The molecule has 1 N–H and O–H groups in total. The van der Waals surface area contributed by atoms with Gasteiger partial charge in [0.05, 0.1) is 24.7 Å². The number of nitro groups is 1. The highest BCUT2D eigenvalue weighted by Crippen LogP contribution is 2.33. The fourth-order valence-corrected chi connectivity index (χ4v) is 1.91. The summed E-state index contributed by atoms with van der Waals surface area (Å²) in [5.74, 6) is 0.0799. The number of hydrogen-bond donors (Lipinski definition) is 1. The Morgan fingerprint density at radius 3 is 2.70 bits per heavy atom. The third-order valence-corrected chi connectivity index (χ3v) is 3.06. The van der Waals surface area contributed by atoms with Crippen LogP contribution in [0.25, 0.3) is 0 Å². The van der Waals surface area contributed by atoms with Gasteiger partial charge in [-0.2, -0.15) is 0 Å². The molecule has 0 fully saturated rings. The van der Waals surface area contributed by atoms with E-state index in [0.717, 1.165) is 0 Å². The summed E-state index contributed by atoms with van der Waals surface area (Å²) in [4.78, 5) is 10.6. The summed E-state index contributed by atoms with van der Waals surface area (Å²) >= 11 is 0. The molecule has 0 radical (unpaired) electrons. The predicted octanol–water partition coefficient (Wildman–Crippen LogP) is 2.62. The van der Waals surface area contributed by atoms with Gasteiger partial charge in [-0.3, -0.25) is 10.1 Å². The molecule has 6 nitrogen and oxygen atoms in total. The van der Waals surface area contributed by atoms with Crippen LogP contribution in [0.2, 0.25) is 0 Å². The van der Waals surface area contributed by atoms with Gasteiger partial charge in [0.1, 0.15) is 17.6 Å². The SMILES string of the molecule is C=C(OCC)[C@@H](O)[C@H](C)c1ccc(OC)cc1[N+](=O)[O-]. The minimum absolute atomic E-state index is 0.0970. The topological polar surface area (TPSA) is 81.8 Å². The van der Waals surface area contributed by atoms with Gasteiger partial charge in [-0.1, -0.05) is 13.5 Å². The van der Waals surface area contributed by atoms with Gasteiger partial charge in [-0.05, 0) is 19.1 Å². The molecule has 0 heterocycles.